The highest BCUT2D eigenvalue weighted by Crippen LogP contribution is 2.41. The molecule has 2 aliphatic heterocycles. The summed E-state index contributed by atoms with van der Waals surface area (Å²) in [7, 11) is 0. The molecular formula is C15H22N2. The molecule has 1 spiro atoms. The Bertz CT molecular complexity index is 411. The average molecular weight is 230 g/mol. The lowest BCUT2D eigenvalue weighted by molar-refractivity contribution is 0.150. The van der Waals surface area contributed by atoms with Crippen LogP contribution in [0.2, 0.25) is 0 Å². The number of hydrogen-bond donors (Lipinski definition) is 1. The van der Waals surface area contributed by atoms with Gasteiger partial charge in [0.1, 0.15) is 0 Å². The minimum Gasteiger partial charge on any atom is -0.370 e. The third kappa shape index (κ3) is 1.95. The van der Waals surface area contributed by atoms with Crippen LogP contribution >= 0.6 is 0 Å². The Morgan fingerprint density at radius 1 is 1.06 bits per heavy atom. The first-order valence-corrected chi connectivity index (χ1v) is 6.72. The third-order valence-corrected chi connectivity index (χ3v) is 4.57. The standard InChI is InChI=1S/C15H22N2/c1-12-3-4-14(9-13(12)2)17-10-15(11-17)5-7-16-8-6-15/h3-4,9,16H,5-8,10-11H2,1-2H3. The molecule has 3 rings (SSSR count). The lowest BCUT2D eigenvalue weighted by Gasteiger charge is -2.53. The maximum atomic E-state index is 3.46. The van der Waals surface area contributed by atoms with E-state index in [0.717, 1.165) is 0 Å². The van der Waals surface area contributed by atoms with Crippen LogP contribution in [-0.2, 0) is 0 Å². The number of nitrogens with one attached hydrogen (secondary N) is 1. The molecule has 0 radical (unpaired) electrons. The lowest BCUT2D eigenvalue weighted by Crippen LogP contribution is -2.60. The largest absolute Gasteiger partial charge is 0.370 e. The van der Waals surface area contributed by atoms with E-state index < -0.39 is 0 Å². The number of nitrogens with zero attached hydrogens (tertiary/aromatic N) is 1. The monoisotopic (exact) mass is 230 g/mol. The van der Waals surface area contributed by atoms with Gasteiger partial charge in [0.15, 0.2) is 0 Å². The molecule has 2 heteroatoms. The minimum atomic E-state index is 0.629. The van der Waals surface area contributed by atoms with Gasteiger partial charge in [-0.15, -0.1) is 0 Å². The molecule has 0 saturated carbocycles. The van der Waals surface area contributed by atoms with Crippen molar-refractivity contribution in [2.75, 3.05) is 31.1 Å². The lowest BCUT2D eigenvalue weighted by atomic mass is 9.72. The molecule has 0 atom stereocenters. The van der Waals surface area contributed by atoms with Gasteiger partial charge in [-0.25, -0.2) is 0 Å². The molecule has 1 aromatic rings. The van der Waals surface area contributed by atoms with Gasteiger partial charge >= 0.3 is 0 Å². The first kappa shape index (κ1) is 11.1. The Labute approximate surface area is 104 Å². The van der Waals surface area contributed by atoms with Crippen LogP contribution in [0.3, 0.4) is 0 Å². The van der Waals surface area contributed by atoms with E-state index in [9.17, 15) is 0 Å². The predicted molar refractivity (Wildman–Crippen MR) is 72.7 cm³/mol. The summed E-state index contributed by atoms with van der Waals surface area (Å²) in [5.41, 5.74) is 4.85. The number of benzene rings is 1. The Balaban J connectivity index is 1.70. The summed E-state index contributed by atoms with van der Waals surface area (Å²) < 4.78 is 0. The number of piperidine rings is 1. The molecule has 17 heavy (non-hydrogen) atoms. The van der Waals surface area contributed by atoms with Gasteiger partial charge in [-0.05, 0) is 63.0 Å². The molecule has 0 aliphatic carbocycles. The van der Waals surface area contributed by atoms with Crippen molar-refractivity contribution in [2.45, 2.75) is 26.7 Å². The topological polar surface area (TPSA) is 15.3 Å². The van der Waals surface area contributed by atoms with Crippen molar-refractivity contribution in [3.05, 3.63) is 29.3 Å². The van der Waals surface area contributed by atoms with Gasteiger partial charge < -0.3 is 10.2 Å². The van der Waals surface area contributed by atoms with Crippen molar-refractivity contribution < 1.29 is 0 Å². The van der Waals surface area contributed by atoms with Crippen LogP contribution in [0.15, 0.2) is 18.2 Å². The highest BCUT2D eigenvalue weighted by atomic mass is 15.2. The van der Waals surface area contributed by atoms with Gasteiger partial charge in [-0.2, -0.15) is 0 Å². The van der Waals surface area contributed by atoms with Gasteiger partial charge in [0.2, 0.25) is 0 Å². The SMILES string of the molecule is Cc1ccc(N2CC3(CCNCC3)C2)cc1C. The predicted octanol–water partition coefficient (Wildman–Crippen LogP) is 2.49. The normalized spacial score (nSPS) is 22.6. The van der Waals surface area contributed by atoms with Crippen molar-refractivity contribution >= 4 is 5.69 Å². The van der Waals surface area contributed by atoms with E-state index in [1.165, 1.54) is 55.8 Å². The Hall–Kier alpha value is -1.02. The summed E-state index contributed by atoms with van der Waals surface area (Å²) in [6.07, 6.45) is 2.71. The molecule has 2 heterocycles. The fraction of sp³-hybridized carbons (Fsp3) is 0.600. The van der Waals surface area contributed by atoms with Crippen molar-refractivity contribution in [2.24, 2.45) is 5.41 Å². The number of rotatable bonds is 1. The summed E-state index contributed by atoms with van der Waals surface area (Å²) >= 11 is 0. The molecule has 0 bridgehead atoms. The van der Waals surface area contributed by atoms with Crippen LogP contribution in [0, 0.1) is 19.3 Å². The summed E-state index contributed by atoms with van der Waals surface area (Å²) in [5, 5.41) is 3.46. The third-order valence-electron chi connectivity index (χ3n) is 4.57. The highest BCUT2D eigenvalue weighted by Gasteiger charge is 2.43. The van der Waals surface area contributed by atoms with E-state index in [4.69, 9.17) is 0 Å². The van der Waals surface area contributed by atoms with Crippen LogP contribution in [0.1, 0.15) is 24.0 Å². The van der Waals surface area contributed by atoms with Crippen LogP contribution in [0.5, 0.6) is 0 Å². The second-order valence-electron chi connectivity index (χ2n) is 5.87. The second-order valence-corrected chi connectivity index (χ2v) is 5.87. The molecule has 2 aliphatic rings. The Morgan fingerprint density at radius 2 is 1.76 bits per heavy atom. The van der Waals surface area contributed by atoms with E-state index in [1.54, 1.807) is 0 Å². The first-order valence-electron chi connectivity index (χ1n) is 6.72. The van der Waals surface area contributed by atoms with Gasteiger partial charge in [0.25, 0.3) is 0 Å². The second kappa shape index (κ2) is 4.02. The summed E-state index contributed by atoms with van der Waals surface area (Å²) in [5.74, 6) is 0. The van der Waals surface area contributed by atoms with Crippen molar-refractivity contribution in [1.29, 1.82) is 0 Å². The zero-order chi connectivity index (χ0) is 11.9. The fourth-order valence-corrected chi connectivity index (χ4v) is 3.14. The van der Waals surface area contributed by atoms with E-state index in [-0.39, 0.29) is 0 Å². The molecule has 1 aromatic carbocycles. The van der Waals surface area contributed by atoms with Crippen LogP contribution in [-0.4, -0.2) is 26.2 Å². The highest BCUT2D eigenvalue weighted by molar-refractivity contribution is 5.53. The van der Waals surface area contributed by atoms with E-state index in [0.29, 0.717) is 5.41 Å². The van der Waals surface area contributed by atoms with Gasteiger partial charge in [-0.1, -0.05) is 6.07 Å². The zero-order valence-corrected chi connectivity index (χ0v) is 10.9. The van der Waals surface area contributed by atoms with Gasteiger partial charge in [0, 0.05) is 24.2 Å². The summed E-state index contributed by atoms with van der Waals surface area (Å²) in [6, 6.07) is 6.86. The molecule has 1 N–H and O–H groups in total. The molecular weight excluding hydrogens is 208 g/mol. The van der Waals surface area contributed by atoms with Gasteiger partial charge in [0.05, 0.1) is 0 Å². The Kier molecular flexibility index (Phi) is 2.62. The van der Waals surface area contributed by atoms with E-state index in [2.05, 4.69) is 42.3 Å². The molecule has 0 unspecified atom stereocenters. The number of hydrogen-bond acceptors (Lipinski definition) is 2. The first-order chi connectivity index (χ1) is 8.19. The molecule has 2 saturated heterocycles. The Morgan fingerprint density at radius 3 is 2.41 bits per heavy atom. The minimum absolute atomic E-state index is 0.629. The van der Waals surface area contributed by atoms with Crippen LogP contribution in [0.25, 0.3) is 0 Å². The molecule has 2 fully saturated rings. The fourth-order valence-electron chi connectivity index (χ4n) is 3.14. The zero-order valence-electron chi connectivity index (χ0n) is 10.9. The summed E-state index contributed by atoms with van der Waals surface area (Å²) in [6.45, 7) is 9.33. The quantitative estimate of drug-likeness (QED) is 0.797. The van der Waals surface area contributed by atoms with Gasteiger partial charge in [-0.3, -0.25) is 0 Å². The van der Waals surface area contributed by atoms with Crippen molar-refractivity contribution in [3.8, 4) is 0 Å². The number of anilines is 1. The van der Waals surface area contributed by atoms with E-state index in [1.807, 2.05) is 0 Å². The maximum Gasteiger partial charge on any atom is 0.0369 e. The van der Waals surface area contributed by atoms with Crippen LogP contribution in [0.4, 0.5) is 5.69 Å². The average Bonchev–Trinajstić information content (AvgIpc) is 2.31. The number of aryl methyl sites for hydroxylation is 2. The van der Waals surface area contributed by atoms with E-state index >= 15 is 0 Å². The molecule has 0 amide bonds. The smallest absolute Gasteiger partial charge is 0.0369 e. The summed E-state index contributed by atoms with van der Waals surface area (Å²) in [4.78, 5) is 2.54. The van der Waals surface area contributed by atoms with Crippen molar-refractivity contribution in [3.63, 3.8) is 0 Å². The molecule has 92 valence electrons. The molecule has 0 aromatic heterocycles. The van der Waals surface area contributed by atoms with Crippen LogP contribution < -0.4 is 10.2 Å². The molecule has 2 nitrogen and oxygen atoms in total. The van der Waals surface area contributed by atoms with Crippen molar-refractivity contribution in [1.82, 2.24) is 5.32 Å². The maximum absolute atomic E-state index is 3.46.